The lowest BCUT2D eigenvalue weighted by atomic mass is 9.94. The molecule has 0 aromatic carbocycles. The molecule has 1 saturated heterocycles. The first-order valence-electron chi connectivity index (χ1n) is 6.45. The van der Waals surface area contributed by atoms with Crippen LogP contribution in [-0.4, -0.2) is 58.6 Å². The second-order valence-electron chi connectivity index (χ2n) is 5.85. The highest BCUT2D eigenvalue weighted by molar-refractivity contribution is 5.82. The van der Waals surface area contributed by atoms with Gasteiger partial charge in [0.2, 0.25) is 5.91 Å². The summed E-state index contributed by atoms with van der Waals surface area (Å²) in [4.78, 5) is 16.4. The van der Waals surface area contributed by atoms with E-state index in [0.717, 1.165) is 13.0 Å². The lowest BCUT2D eigenvalue weighted by molar-refractivity contribution is -0.137. The average Bonchev–Trinajstić information content (AvgIpc) is 2.30. The van der Waals surface area contributed by atoms with Crippen LogP contribution in [0.1, 0.15) is 40.5 Å². The van der Waals surface area contributed by atoms with E-state index in [1.807, 2.05) is 7.05 Å². The molecule has 1 N–H and O–H groups in total. The van der Waals surface area contributed by atoms with Crippen LogP contribution in [0.2, 0.25) is 0 Å². The predicted octanol–water partition coefficient (Wildman–Crippen LogP) is 1.09. The van der Waals surface area contributed by atoms with Crippen molar-refractivity contribution in [2.45, 2.75) is 58.2 Å². The number of amides is 1. The normalized spacial score (nSPS) is 26.4. The van der Waals surface area contributed by atoms with E-state index in [-0.39, 0.29) is 24.1 Å². The Hall–Kier alpha value is -0.610. The Balaban J connectivity index is 3.08. The van der Waals surface area contributed by atoms with Gasteiger partial charge >= 0.3 is 0 Å². The minimum Gasteiger partial charge on any atom is -0.396 e. The monoisotopic (exact) mass is 242 g/mol. The minimum atomic E-state index is -0.192. The summed E-state index contributed by atoms with van der Waals surface area (Å²) in [6.07, 6.45) is 1.49. The topological polar surface area (TPSA) is 43.8 Å². The van der Waals surface area contributed by atoms with Crippen molar-refractivity contribution in [2.24, 2.45) is 0 Å². The van der Waals surface area contributed by atoms with E-state index < -0.39 is 0 Å². The number of aliphatic hydroxyl groups excluding tert-OH is 1. The number of carbonyl (C=O) groups is 1. The highest BCUT2D eigenvalue weighted by Gasteiger charge is 2.41. The van der Waals surface area contributed by atoms with Crippen LogP contribution >= 0.6 is 0 Å². The SMILES string of the molecule is CC(C)N1C(CCO)C(=O)N(C)CCC1(C)C. The predicted molar refractivity (Wildman–Crippen MR) is 68.8 cm³/mol. The van der Waals surface area contributed by atoms with Gasteiger partial charge in [-0.05, 0) is 40.5 Å². The molecule has 100 valence electrons. The third kappa shape index (κ3) is 2.99. The van der Waals surface area contributed by atoms with Crippen molar-refractivity contribution in [2.75, 3.05) is 20.2 Å². The van der Waals surface area contributed by atoms with Crippen LogP contribution in [0.5, 0.6) is 0 Å². The number of carbonyl (C=O) groups excluding carboxylic acids is 1. The van der Waals surface area contributed by atoms with Crippen LogP contribution in [-0.2, 0) is 4.79 Å². The first-order valence-corrected chi connectivity index (χ1v) is 6.45. The Bertz CT molecular complexity index is 277. The molecule has 1 aliphatic heterocycles. The molecular formula is C13H26N2O2. The second kappa shape index (κ2) is 5.36. The summed E-state index contributed by atoms with van der Waals surface area (Å²) >= 11 is 0. The maximum atomic E-state index is 12.3. The van der Waals surface area contributed by atoms with E-state index in [1.54, 1.807) is 4.90 Å². The van der Waals surface area contributed by atoms with Crippen LogP contribution in [0.4, 0.5) is 0 Å². The standard InChI is InChI=1S/C13H26N2O2/c1-10(2)15-11(6-9-16)12(17)14(5)8-7-13(15,3)4/h10-11,16H,6-9H2,1-5H3. The van der Waals surface area contributed by atoms with E-state index in [1.165, 1.54) is 0 Å². The second-order valence-corrected chi connectivity index (χ2v) is 5.85. The lowest BCUT2D eigenvalue weighted by Gasteiger charge is -2.43. The zero-order valence-corrected chi connectivity index (χ0v) is 11.7. The van der Waals surface area contributed by atoms with Gasteiger partial charge in [-0.25, -0.2) is 0 Å². The van der Waals surface area contributed by atoms with E-state index in [2.05, 4.69) is 32.6 Å². The number of hydrogen-bond acceptors (Lipinski definition) is 3. The maximum absolute atomic E-state index is 12.3. The minimum absolute atomic E-state index is 0.00553. The molecule has 1 aliphatic rings. The van der Waals surface area contributed by atoms with Gasteiger partial charge in [0.25, 0.3) is 0 Å². The molecule has 1 fully saturated rings. The summed E-state index contributed by atoms with van der Waals surface area (Å²) in [5.74, 6) is 0.137. The zero-order valence-electron chi connectivity index (χ0n) is 11.7. The first-order chi connectivity index (χ1) is 7.81. The van der Waals surface area contributed by atoms with Crippen molar-refractivity contribution in [3.8, 4) is 0 Å². The Morgan fingerprint density at radius 2 is 2.06 bits per heavy atom. The molecule has 4 nitrogen and oxygen atoms in total. The van der Waals surface area contributed by atoms with Gasteiger partial charge in [0.05, 0.1) is 6.04 Å². The fraction of sp³-hybridized carbons (Fsp3) is 0.923. The quantitative estimate of drug-likeness (QED) is 0.805. The fourth-order valence-corrected chi connectivity index (χ4v) is 2.92. The van der Waals surface area contributed by atoms with Crippen molar-refractivity contribution in [1.29, 1.82) is 0 Å². The summed E-state index contributed by atoms with van der Waals surface area (Å²) in [5.41, 5.74) is -0.00553. The van der Waals surface area contributed by atoms with Gasteiger partial charge in [0.15, 0.2) is 0 Å². The third-order valence-corrected chi connectivity index (χ3v) is 3.71. The molecule has 1 unspecified atom stereocenters. The van der Waals surface area contributed by atoms with Gasteiger partial charge in [-0.2, -0.15) is 0 Å². The number of rotatable bonds is 3. The van der Waals surface area contributed by atoms with Crippen molar-refractivity contribution in [3.05, 3.63) is 0 Å². The summed E-state index contributed by atoms with van der Waals surface area (Å²) in [5, 5.41) is 9.19. The van der Waals surface area contributed by atoms with Crippen LogP contribution in [0.3, 0.4) is 0 Å². The van der Waals surface area contributed by atoms with E-state index >= 15 is 0 Å². The van der Waals surface area contributed by atoms with Gasteiger partial charge in [0.1, 0.15) is 0 Å². The van der Waals surface area contributed by atoms with Gasteiger partial charge in [-0.1, -0.05) is 0 Å². The number of nitrogens with zero attached hydrogens (tertiary/aromatic N) is 2. The Labute approximate surface area is 105 Å². The maximum Gasteiger partial charge on any atom is 0.239 e. The molecule has 0 aromatic heterocycles. The number of hydrogen-bond donors (Lipinski definition) is 1. The van der Waals surface area contributed by atoms with Crippen LogP contribution in [0.15, 0.2) is 0 Å². The molecule has 0 saturated carbocycles. The Kier molecular flexibility index (Phi) is 4.55. The Morgan fingerprint density at radius 1 is 1.47 bits per heavy atom. The van der Waals surface area contributed by atoms with Crippen molar-refractivity contribution in [3.63, 3.8) is 0 Å². The van der Waals surface area contributed by atoms with Crippen molar-refractivity contribution >= 4 is 5.91 Å². The van der Waals surface area contributed by atoms with Crippen LogP contribution < -0.4 is 0 Å². The molecule has 1 heterocycles. The van der Waals surface area contributed by atoms with Crippen LogP contribution in [0, 0.1) is 0 Å². The molecule has 0 aromatic rings. The molecule has 4 heteroatoms. The van der Waals surface area contributed by atoms with Crippen molar-refractivity contribution in [1.82, 2.24) is 9.80 Å². The molecule has 0 spiro atoms. The zero-order chi connectivity index (χ0) is 13.2. The number of likely N-dealkylation sites (N-methyl/N-ethyl adjacent to an activating group) is 1. The molecule has 1 rings (SSSR count). The van der Waals surface area contributed by atoms with Gasteiger partial charge in [0, 0.05) is 31.8 Å². The van der Waals surface area contributed by atoms with E-state index in [9.17, 15) is 9.90 Å². The van der Waals surface area contributed by atoms with Crippen molar-refractivity contribution < 1.29 is 9.90 Å². The van der Waals surface area contributed by atoms with Gasteiger partial charge in [-0.15, -0.1) is 0 Å². The molecule has 0 bridgehead atoms. The summed E-state index contributed by atoms with van der Waals surface area (Å²) in [6, 6.07) is 0.111. The summed E-state index contributed by atoms with van der Waals surface area (Å²) < 4.78 is 0. The first kappa shape index (κ1) is 14.5. The largest absolute Gasteiger partial charge is 0.396 e. The third-order valence-electron chi connectivity index (χ3n) is 3.71. The molecule has 17 heavy (non-hydrogen) atoms. The van der Waals surface area contributed by atoms with Gasteiger partial charge < -0.3 is 10.0 Å². The molecule has 1 amide bonds. The molecule has 1 atom stereocenters. The number of aliphatic hydroxyl groups is 1. The lowest BCUT2D eigenvalue weighted by Crippen LogP contribution is -2.55. The average molecular weight is 242 g/mol. The Morgan fingerprint density at radius 3 is 2.53 bits per heavy atom. The fourth-order valence-electron chi connectivity index (χ4n) is 2.92. The summed E-state index contributed by atoms with van der Waals surface area (Å²) in [7, 11) is 1.85. The highest BCUT2D eigenvalue weighted by atomic mass is 16.3. The van der Waals surface area contributed by atoms with Crippen LogP contribution in [0.25, 0.3) is 0 Å². The smallest absolute Gasteiger partial charge is 0.239 e. The van der Waals surface area contributed by atoms with E-state index in [0.29, 0.717) is 12.5 Å². The molecule has 0 radical (unpaired) electrons. The van der Waals surface area contributed by atoms with E-state index in [4.69, 9.17) is 0 Å². The highest BCUT2D eigenvalue weighted by Crippen LogP contribution is 2.29. The summed E-state index contributed by atoms with van der Waals surface area (Å²) in [6.45, 7) is 9.45. The molecule has 0 aliphatic carbocycles. The van der Waals surface area contributed by atoms with Gasteiger partial charge in [-0.3, -0.25) is 9.69 Å². The molecular weight excluding hydrogens is 216 g/mol.